The second kappa shape index (κ2) is 4.33. The van der Waals surface area contributed by atoms with E-state index in [4.69, 9.17) is 16.3 Å². The number of halogens is 4. The van der Waals surface area contributed by atoms with E-state index in [0.29, 0.717) is 5.82 Å². The summed E-state index contributed by atoms with van der Waals surface area (Å²) in [6.07, 6.45) is -4.46. The molecule has 1 aliphatic rings. The third-order valence-corrected chi connectivity index (χ3v) is 2.58. The van der Waals surface area contributed by atoms with Crippen LogP contribution in [-0.2, 0) is 0 Å². The van der Waals surface area contributed by atoms with Crippen LogP contribution in [0.2, 0.25) is 5.15 Å². The first-order valence-electron chi connectivity index (χ1n) is 5.14. The molecule has 7 heteroatoms. The molecule has 0 bridgehead atoms. The molecule has 0 saturated heterocycles. The van der Waals surface area contributed by atoms with Gasteiger partial charge in [0.2, 0.25) is 5.88 Å². The van der Waals surface area contributed by atoms with E-state index < -0.39 is 12.3 Å². The Morgan fingerprint density at radius 1 is 1.41 bits per heavy atom. The Hall–Kier alpha value is -1.04. The fourth-order valence-corrected chi connectivity index (χ4v) is 1.43. The normalized spacial score (nSPS) is 17.9. The summed E-state index contributed by atoms with van der Waals surface area (Å²) in [5, 5.41) is 0.103. The predicted octanol–water partition coefficient (Wildman–Crippen LogP) is 3.34. The molecule has 1 aliphatic carbocycles. The molecule has 1 atom stereocenters. The minimum absolute atomic E-state index is 0.103. The van der Waals surface area contributed by atoms with Crippen LogP contribution >= 0.6 is 11.6 Å². The van der Waals surface area contributed by atoms with E-state index >= 15 is 0 Å². The molecule has 0 aromatic carbocycles. The van der Waals surface area contributed by atoms with Gasteiger partial charge < -0.3 is 4.74 Å². The molecule has 17 heavy (non-hydrogen) atoms. The van der Waals surface area contributed by atoms with Crippen molar-refractivity contribution in [2.45, 2.75) is 38.0 Å². The number of hydrogen-bond acceptors (Lipinski definition) is 3. The van der Waals surface area contributed by atoms with Crippen molar-refractivity contribution in [3.63, 3.8) is 0 Å². The lowest BCUT2D eigenvalue weighted by molar-refractivity contribution is -0.190. The van der Waals surface area contributed by atoms with Crippen molar-refractivity contribution in [2.24, 2.45) is 0 Å². The molecule has 3 nitrogen and oxygen atoms in total. The third kappa shape index (κ3) is 3.21. The molecule has 1 aromatic rings. The summed E-state index contributed by atoms with van der Waals surface area (Å²) in [7, 11) is 0. The summed E-state index contributed by atoms with van der Waals surface area (Å²) in [5.41, 5.74) is 0. The van der Waals surface area contributed by atoms with Gasteiger partial charge >= 0.3 is 6.18 Å². The van der Waals surface area contributed by atoms with Gasteiger partial charge in [-0.2, -0.15) is 18.2 Å². The van der Waals surface area contributed by atoms with Crippen LogP contribution < -0.4 is 4.74 Å². The molecule has 1 aromatic heterocycles. The van der Waals surface area contributed by atoms with E-state index in [9.17, 15) is 13.2 Å². The van der Waals surface area contributed by atoms with Crippen LogP contribution in [0.25, 0.3) is 0 Å². The van der Waals surface area contributed by atoms with Gasteiger partial charge in [-0.05, 0) is 19.8 Å². The Morgan fingerprint density at radius 3 is 2.59 bits per heavy atom. The van der Waals surface area contributed by atoms with Gasteiger partial charge in [-0.25, -0.2) is 4.98 Å². The molecule has 1 fully saturated rings. The summed E-state index contributed by atoms with van der Waals surface area (Å²) in [6.45, 7) is 0.923. The van der Waals surface area contributed by atoms with Crippen LogP contribution in [-0.4, -0.2) is 22.2 Å². The molecule has 1 heterocycles. The highest BCUT2D eigenvalue weighted by Crippen LogP contribution is 2.39. The van der Waals surface area contributed by atoms with Gasteiger partial charge in [-0.1, -0.05) is 11.6 Å². The van der Waals surface area contributed by atoms with Gasteiger partial charge in [0.15, 0.2) is 6.10 Å². The van der Waals surface area contributed by atoms with Crippen LogP contribution in [0.3, 0.4) is 0 Å². The van der Waals surface area contributed by atoms with E-state index in [0.717, 1.165) is 19.8 Å². The molecule has 0 spiro atoms. The second-order valence-corrected chi connectivity index (χ2v) is 4.35. The fraction of sp³-hybridized carbons (Fsp3) is 0.600. The topological polar surface area (TPSA) is 35.0 Å². The van der Waals surface area contributed by atoms with Gasteiger partial charge in [0.05, 0.1) is 0 Å². The van der Waals surface area contributed by atoms with E-state index in [1.165, 1.54) is 6.07 Å². The number of aromatic nitrogens is 2. The Labute approximate surface area is 101 Å². The van der Waals surface area contributed by atoms with Crippen molar-refractivity contribution < 1.29 is 17.9 Å². The Kier molecular flexibility index (Phi) is 3.16. The molecule has 0 amide bonds. The number of alkyl halides is 3. The van der Waals surface area contributed by atoms with E-state index in [1.807, 2.05) is 0 Å². The van der Waals surface area contributed by atoms with Gasteiger partial charge in [-0.15, -0.1) is 0 Å². The first-order valence-corrected chi connectivity index (χ1v) is 5.52. The largest absolute Gasteiger partial charge is 0.465 e. The smallest absolute Gasteiger partial charge is 0.425 e. The molecule has 0 aliphatic heterocycles. The summed E-state index contributed by atoms with van der Waals surface area (Å²) in [5.74, 6) is 0.538. The highest BCUT2D eigenvalue weighted by molar-refractivity contribution is 6.29. The first-order chi connectivity index (χ1) is 7.86. The molecule has 0 radical (unpaired) electrons. The Balaban J connectivity index is 2.15. The molecular formula is C10H10ClF3N2O. The minimum Gasteiger partial charge on any atom is -0.465 e. The zero-order chi connectivity index (χ0) is 12.6. The fourth-order valence-electron chi connectivity index (χ4n) is 1.25. The van der Waals surface area contributed by atoms with Crippen molar-refractivity contribution in [1.82, 2.24) is 9.97 Å². The van der Waals surface area contributed by atoms with Crippen molar-refractivity contribution in [3.05, 3.63) is 17.0 Å². The molecule has 94 valence electrons. The maximum absolute atomic E-state index is 12.3. The standard InChI is InChI=1S/C10H10ClF3N2O/c1-5(10(12,13)14)17-8-4-7(11)15-9(16-8)6-2-3-6/h4-6H,2-3H2,1H3. The highest BCUT2D eigenvalue weighted by atomic mass is 35.5. The highest BCUT2D eigenvalue weighted by Gasteiger charge is 2.38. The van der Waals surface area contributed by atoms with E-state index in [1.54, 1.807) is 0 Å². The van der Waals surface area contributed by atoms with Crippen LogP contribution in [0.5, 0.6) is 5.88 Å². The van der Waals surface area contributed by atoms with Crippen LogP contribution in [0.1, 0.15) is 31.5 Å². The molecule has 1 unspecified atom stereocenters. The third-order valence-electron chi connectivity index (χ3n) is 2.39. The zero-order valence-corrected chi connectivity index (χ0v) is 9.72. The monoisotopic (exact) mass is 266 g/mol. The SMILES string of the molecule is CC(Oc1cc(Cl)nc(C2CC2)n1)C(F)(F)F. The predicted molar refractivity (Wildman–Crippen MR) is 55.2 cm³/mol. The second-order valence-electron chi connectivity index (χ2n) is 3.96. The zero-order valence-electron chi connectivity index (χ0n) is 8.96. The number of rotatable bonds is 3. The molecule has 2 rings (SSSR count). The average molecular weight is 267 g/mol. The number of hydrogen-bond donors (Lipinski definition) is 0. The summed E-state index contributed by atoms with van der Waals surface area (Å²) < 4.78 is 41.6. The van der Waals surface area contributed by atoms with Gasteiger partial charge in [0, 0.05) is 12.0 Å². The quantitative estimate of drug-likeness (QED) is 0.787. The maximum atomic E-state index is 12.3. The molecule has 0 N–H and O–H groups in total. The van der Waals surface area contributed by atoms with Gasteiger partial charge in [0.1, 0.15) is 11.0 Å². The lowest BCUT2D eigenvalue weighted by Crippen LogP contribution is -2.31. The van der Waals surface area contributed by atoms with Gasteiger partial charge in [-0.3, -0.25) is 0 Å². The number of nitrogens with zero attached hydrogens (tertiary/aromatic N) is 2. The van der Waals surface area contributed by atoms with E-state index in [2.05, 4.69) is 9.97 Å². The van der Waals surface area contributed by atoms with Crippen molar-refractivity contribution in [2.75, 3.05) is 0 Å². The molecular weight excluding hydrogens is 257 g/mol. The Morgan fingerprint density at radius 2 is 2.06 bits per heavy atom. The summed E-state index contributed by atoms with van der Waals surface area (Å²) in [4.78, 5) is 7.89. The maximum Gasteiger partial charge on any atom is 0.425 e. The Bertz CT molecular complexity index is 421. The number of ether oxygens (including phenoxy) is 1. The lowest BCUT2D eigenvalue weighted by atomic mass is 10.4. The molecule has 1 saturated carbocycles. The van der Waals surface area contributed by atoms with Crippen LogP contribution in [0.15, 0.2) is 6.07 Å². The van der Waals surface area contributed by atoms with Crippen LogP contribution in [0, 0.1) is 0 Å². The average Bonchev–Trinajstić information content (AvgIpc) is 2.97. The lowest BCUT2D eigenvalue weighted by Gasteiger charge is -2.17. The minimum atomic E-state index is -4.42. The van der Waals surface area contributed by atoms with Gasteiger partial charge in [0.25, 0.3) is 0 Å². The summed E-state index contributed by atoms with van der Waals surface area (Å²) in [6, 6.07) is 1.19. The van der Waals surface area contributed by atoms with Crippen molar-refractivity contribution in [3.8, 4) is 5.88 Å². The van der Waals surface area contributed by atoms with E-state index in [-0.39, 0.29) is 17.0 Å². The van der Waals surface area contributed by atoms with Crippen molar-refractivity contribution >= 4 is 11.6 Å². The first kappa shape index (κ1) is 12.4. The van der Waals surface area contributed by atoms with Crippen LogP contribution in [0.4, 0.5) is 13.2 Å². The van der Waals surface area contributed by atoms with Crippen molar-refractivity contribution in [1.29, 1.82) is 0 Å². The summed E-state index contributed by atoms with van der Waals surface area (Å²) >= 11 is 5.71.